The lowest BCUT2D eigenvalue weighted by Gasteiger charge is -2.33. The number of carbonyl (C=O) groups is 1. The molecule has 0 aromatic carbocycles. The number of hydrogen-bond donors (Lipinski definition) is 2. The predicted molar refractivity (Wildman–Crippen MR) is 90.7 cm³/mol. The van der Waals surface area contributed by atoms with Gasteiger partial charge < -0.3 is 15.2 Å². The van der Waals surface area contributed by atoms with Crippen LogP contribution in [0.5, 0.6) is 0 Å². The molecule has 3 fully saturated rings. The van der Waals surface area contributed by atoms with Crippen LogP contribution in [-0.2, 0) is 10.0 Å². The van der Waals surface area contributed by atoms with Crippen LogP contribution in [-0.4, -0.2) is 61.3 Å². The summed E-state index contributed by atoms with van der Waals surface area (Å²) in [7, 11) is -3.23. The number of amides is 1. The third-order valence-corrected chi connectivity index (χ3v) is 7.66. The van der Waals surface area contributed by atoms with Crippen molar-refractivity contribution in [2.75, 3.05) is 26.2 Å². The molecule has 1 aliphatic carbocycles. The highest BCUT2D eigenvalue weighted by Crippen LogP contribution is 2.40. The SMILES string of the molecule is O=C(NC1CCN(S(=O)(=O)C2CCNC2)CC1)c1cc(C2CC2)on1. The second kappa shape index (κ2) is 6.69. The van der Waals surface area contributed by atoms with Gasteiger partial charge in [0.1, 0.15) is 5.76 Å². The van der Waals surface area contributed by atoms with Gasteiger partial charge in [-0.05, 0) is 38.6 Å². The first-order chi connectivity index (χ1) is 12.0. The molecule has 1 aromatic heterocycles. The summed E-state index contributed by atoms with van der Waals surface area (Å²) in [4.78, 5) is 12.3. The number of piperidine rings is 1. The molecule has 0 radical (unpaired) electrons. The van der Waals surface area contributed by atoms with E-state index in [1.165, 1.54) is 0 Å². The van der Waals surface area contributed by atoms with Crippen LogP contribution in [0.1, 0.15) is 54.3 Å². The zero-order valence-electron chi connectivity index (χ0n) is 14.1. The average Bonchev–Trinajstić information content (AvgIpc) is 3.12. The Bertz CT molecular complexity index is 729. The van der Waals surface area contributed by atoms with Crippen LogP contribution in [0.3, 0.4) is 0 Å². The summed E-state index contributed by atoms with van der Waals surface area (Å²) in [5.41, 5.74) is 0.314. The molecule has 4 rings (SSSR count). The van der Waals surface area contributed by atoms with Gasteiger partial charge in [-0.3, -0.25) is 4.79 Å². The van der Waals surface area contributed by atoms with Crippen LogP contribution in [0.25, 0.3) is 0 Å². The summed E-state index contributed by atoms with van der Waals surface area (Å²) in [6.07, 6.45) is 4.12. The Morgan fingerprint density at radius 2 is 2.00 bits per heavy atom. The summed E-state index contributed by atoms with van der Waals surface area (Å²) < 4.78 is 32.0. The molecule has 3 heterocycles. The highest BCUT2D eigenvalue weighted by atomic mass is 32.2. The molecular formula is C16H24N4O4S. The van der Waals surface area contributed by atoms with Gasteiger partial charge in [0.2, 0.25) is 10.0 Å². The highest BCUT2D eigenvalue weighted by molar-refractivity contribution is 7.89. The van der Waals surface area contributed by atoms with Gasteiger partial charge in [0.05, 0.1) is 5.25 Å². The van der Waals surface area contributed by atoms with E-state index < -0.39 is 10.0 Å². The fraction of sp³-hybridized carbons (Fsp3) is 0.750. The molecule has 9 heteroatoms. The number of carbonyl (C=O) groups excluding carboxylic acids is 1. The van der Waals surface area contributed by atoms with Gasteiger partial charge in [-0.2, -0.15) is 0 Å². The van der Waals surface area contributed by atoms with Crippen molar-refractivity contribution < 1.29 is 17.7 Å². The van der Waals surface area contributed by atoms with Crippen molar-refractivity contribution in [3.8, 4) is 0 Å². The molecule has 1 unspecified atom stereocenters. The number of nitrogens with zero attached hydrogens (tertiary/aromatic N) is 2. The van der Waals surface area contributed by atoms with E-state index in [0.717, 1.165) is 25.1 Å². The lowest BCUT2D eigenvalue weighted by atomic mass is 10.1. The number of nitrogens with one attached hydrogen (secondary N) is 2. The number of rotatable bonds is 5. The maximum absolute atomic E-state index is 12.6. The molecule has 1 amide bonds. The Hall–Kier alpha value is -1.45. The normalized spacial score (nSPS) is 26.0. The first kappa shape index (κ1) is 17.0. The second-order valence-electron chi connectivity index (χ2n) is 7.20. The van der Waals surface area contributed by atoms with Gasteiger partial charge in [-0.15, -0.1) is 0 Å². The van der Waals surface area contributed by atoms with Gasteiger partial charge >= 0.3 is 0 Å². The van der Waals surface area contributed by atoms with Crippen molar-refractivity contribution in [2.45, 2.75) is 49.3 Å². The molecule has 1 atom stereocenters. The van der Waals surface area contributed by atoms with Crippen molar-refractivity contribution in [1.82, 2.24) is 20.1 Å². The summed E-state index contributed by atoms with van der Waals surface area (Å²) in [6, 6.07) is 1.70. The van der Waals surface area contributed by atoms with Crippen molar-refractivity contribution in [2.24, 2.45) is 0 Å². The van der Waals surface area contributed by atoms with Crippen molar-refractivity contribution in [1.29, 1.82) is 0 Å². The third-order valence-electron chi connectivity index (χ3n) is 5.33. The van der Waals surface area contributed by atoms with E-state index in [0.29, 0.717) is 50.5 Å². The van der Waals surface area contributed by atoms with Crippen LogP contribution in [0.4, 0.5) is 0 Å². The van der Waals surface area contributed by atoms with Crippen LogP contribution in [0.2, 0.25) is 0 Å². The summed E-state index contributed by atoms with van der Waals surface area (Å²) in [5, 5.41) is 9.60. The lowest BCUT2D eigenvalue weighted by molar-refractivity contribution is 0.0914. The molecule has 138 valence electrons. The Kier molecular flexibility index (Phi) is 4.55. The molecule has 2 N–H and O–H groups in total. The summed E-state index contributed by atoms with van der Waals surface area (Å²) in [5.74, 6) is 0.973. The van der Waals surface area contributed by atoms with E-state index in [1.54, 1.807) is 10.4 Å². The molecule has 3 aliphatic rings. The highest BCUT2D eigenvalue weighted by Gasteiger charge is 2.36. The van der Waals surface area contributed by atoms with E-state index in [-0.39, 0.29) is 17.2 Å². The van der Waals surface area contributed by atoms with E-state index in [1.807, 2.05) is 0 Å². The Morgan fingerprint density at radius 1 is 1.24 bits per heavy atom. The molecule has 25 heavy (non-hydrogen) atoms. The maximum Gasteiger partial charge on any atom is 0.273 e. The monoisotopic (exact) mass is 368 g/mol. The number of aromatic nitrogens is 1. The van der Waals surface area contributed by atoms with Crippen LogP contribution in [0, 0.1) is 0 Å². The van der Waals surface area contributed by atoms with Crippen LogP contribution in [0.15, 0.2) is 10.6 Å². The number of hydrogen-bond acceptors (Lipinski definition) is 6. The Morgan fingerprint density at radius 3 is 2.64 bits per heavy atom. The largest absolute Gasteiger partial charge is 0.360 e. The molecule has 1 saturated carbocycles. The van der Waals surface area contributed by atoms with Gasteiger partial charge in [0, 0.05) is 37.7 Å². The molecule has 0 bridgehead atoms. The lowest BCUT2D eigenvalue weighted by Crippen LogP contribution is -2.49. The fourth-order valence-electron chi connectivity index (χ4n) is 3.56. The average molecular weight is 368 g/mol. The van der Waals surface area contributed by atoms with Crippen molar-refractivity contribution in [3.63, 3.8) is 0 Å². The molecule has 2 saturated heterocycles. The quantitative estimate of drug-likeness (QED) is 0.781. The minimum Gasteiger partial charge on any atom is -0.360 e. The van der Waals surface area contributed by atoms with Gasteiger partial charge in [0.15, 0.2) is 5.69 Å². The van der Waals surface area contributed by atoms with Crippen LogP contribution >= 0.6 is 0 Å². The minimum absolute atomic E-state index is 0.0262. The third kappa shape index (κ3) is 3.58. The molecule has 1 aromatic rings. The molecule has 0 spiro atoms. The first-order valence-corrected chi connectivity index (χ1v) is 10.5. The van der Waals surface area contributed by atoms with E-state index in [4.69, 9.17) is 4.52 Å². The van der Waals surface area contributed by atoms with Crippen molar-refractivity contribution in [3.05, 3.63) is 17.5 Å². The summed E-state index contributed by atoms with van der Waals surface area (Å²) >= 11 is 0. The Labute approximate surface area is 147 Å². The topological polar surface area (TPSA) is 105 Å². The number of sulfonamides is 1. The summed E-state index contributed by atoms with van der Waals surface area (Å²) in [6.45, 7) is 2.21. The molecular weight excluding hydrogens is 344 g/mol. The van der Waals surface area contributed by atoms with Gasteiger partial charge in [-0.25, -0.2) is 12.7 Å². The van der Waals surface area contributed by atoms with Gasteiger partial charge in [0.25, 0.3) is 5.91 Å². The smallest absolute Gasteiger partial charge is 0.273 e. The van der Waals surface area contributed by atoms with Crippen molar-refractivity contribution >= 4 is 15.9 Å². The van der Waals surface area contributed by atoms with E-state index >= 15 is 0 Å². The fourth-order valence-corrected chi connectivity index (χ4v) is 5.45. The van der Waals surface area contributed by atoms with E-state index in [2.05, 4.69) is 15.8 Å². The standard InChI is InChI=1S/C16H24N4O4S/c21-16(14-9-15(24-19-14)11-1-2-11)18-12-4-7-20(8-5-12)25(22,23)13-3-6-17-10-13/h9,11-13,17H,1-8,10H2,(H,18,21). The zero-order valence-corrected chi connectivity index (χ0v) is 14.9. The second-order valence-corrected chi connectivity index (χ2v) is 9.41. The van der Waals surface area contributed by atoms with E-state index in [9.17, 15) is 13.2 Å². The first-order valence-electron chi connectivity index (χ1n) is 9.01. The maximum atomic E-state index is 12.6. The predicted octanol–water partition coefficient (Wildman–Crippen LogP) is 0.438. The molecule has 2 aliphatic heterocycles. The molecule has 8 nitrogen and oxygen atoms in total. The van der Waals surface area contributed by atoms with Gasteiger partial charge in [-0.1, -0.05) is 5.16 Å². The zero-order chi connectivity index (χ0) is 17.4. The van der Waals surface area contributed by atoms with Crippen LogP contribution < -0.4 is 10.6 Å². The minimum atomic E-state index is -3.23. The Balaban J connectivity index is 1.30.